The molecule has 1 aromatic carbocycles. The lowest BCUT2D eigenvalue weighted by Crippen LogP contribution is -2.22. The van der Waals surface area contributed by atoms with E-state index in [1.165, 1.54) is 6.07 Å². The van der Waals surface area contributed by atoms with Crippen LogP contribution >= 0.6 is 11.3 Å². The van der Waals surface area contributed by atoms with Crippen LogP contribution < -0.4 is 5.32 Å². The summed E-state index contributed by atoms with van der Waals surface area (Å²) in [5.74, 6) is -0.376. The van der Waals surface area contributed by atoms with E-state index in [-0.39, 0.29) is 29.5 Å². The van der Waals surface area contributed by atoms with Gasteiger partial charge < -0.3 is 15.4 Å². The number of halogens is 1. The van der Waals surface area contributed by atoms with E-state index in [0.717, 1.165) is 65.3 Å². The Morgan fingerprint density at radius 3 is 3.00 bits per heavy atom. The average Bonchev–Trinajstić information content (AvgIpc) is 3.20. The Balaban J connectivity index is 1.33. The number of aliphatic hydroxyl groups excluding tert-OH is 1. The normalized spacial score (nSPS) is 19.6. The van der Waals surface area contributed by atoms with Crippen LogP contribution in [0.15, 0.2) is 18.2 Å². The van der Waals surface area contributed by atoms with E-state index in [1.54, 1.807) is 17.4 Å². The summed E-state index contributed by atoms with van der Waals surface area (Å²) < 4.78 is 14.2. The van der Waals surface area contributed by atoms with Gasteiger partial charge in [0.1, 0.15) is 5.82 Å². The molecule has 0 saturated heterocycles. The molecule has 1 fully saturated rings. The first kappa shape index (κ1) is 19.7. The van der Waals surface area contributed by atoms with Gasteiger partial charge in [-0.15, -0.1) is 11.3 Å². The number of nitrogens with zero attached hydrogens (tertiary/aromatic N) is 1. The highest BCUT2D eigenvalue weighted by atomic mass is 32.1. The highest BCUT2D eigenvalue weighted by Crippen LogP contribution is 2.45. The predicted molar refractivity (Wildman–Crippen MR) is 117 cm³/mol. The molecule has 158 valence electrons. The number of aliphatic hydroxyl groups is 1. The van der Waals surface area contributed by atoms with Gasteiger partial charge in [-0.1, -0.05) is 13.0 Å². The molecule has 5 nitrogen and oxygen atoms in total. The van der Waals surface area contributed by atoms with Gasteiger partial charge in [0.2, 0.25) is 0 Å². The third-order valence-corrected chi connectivity index (χ3v) is 7.77. The Bertz CT molecular complexity index is 1120. The van der Waals surface area contributed by atoms with Gasteiger partial charge in [0.05, 0.1) is 23.5 Å². The third-order valence-electron chi connectivity index (χ3n) is 6.70. The SMILES string of the molecule is CCc1ccc(F)c2[nH]c(C(=O)C3CCc4nc(NCC5(CO)CC5)sc4C3)cc12. The highest BCUT2D eigenvalue weighted by Gasteiger charge is 2.42. The molecule has 3 N–H and O–H groups in total. The van der Waals surface area contributed by atoms with E-state index in [1.807, 2.05) is 13.0 Å². The number of fused-ring (bicyclic) bond motifs is 2. The lowest BCUT2D eigenvalue weighted by Gasteiger charge is -2.19. The van der Waals surface area contributed by atoms with Crippen LogP contribution in [0, 0.1) is 17.2 Å². The number of thiazole rings is 1. The van der Waals surface area contributed by atoms with E-state index in [2.05, 4.69) is 10.3 Å². The van der Waals surface area contributed by atoms with Crippen molar-refractivity contribution in [2.24, 2.45) is 11.3 Å². The van der Waals surface area contributed by atoms with Gasteiger partial charge in [-0.3, -0.25) is 4.79 Å². The predicted octanol–water partition coefficient (Wildman–Crippen LogP) is 4.50. The van der Waals surface area contributed by atoms with Crippen molar-refractivity contribution < 1.29 is 14.3 Å². The Hall–Kier alpha value is -2.25. The Morgan fingerprint density at radius 1 is 1.43 bits per heavy atom. The van der Waals surface area contributed by atoms with E-state index in [9.17, 15) is 14.3 Å². The van der Waals surface area contributed by atoms with E-state index in [0.29, 0.717) is 17.6 Å². The van der Waals surface area contributed by atoms with Crippen molar-refractivity contribution in [2.75, 3.05) is 18.5 Å². The van der Waals surface area contributed by atoms with Crippen molar-refractivity contribution in [3.8, 4) is 0 Å². The van der Waals surface area contributed by atoms with Crippen LogP contribution in [0.2, 0.25) is 0 Å². The summed E-state index contributed by atoms with van der Waals surface area (Å²) in [4.78, 5) is 22.1. The molecule has 7 heteroatoms. The van der Waals surface area contributed by atoms with E-state index < -0.39 is 0 Å². The summed E-state index contributed by atoms with van der Waals surface area (Å²) in [5.41, 5.74) is 3.09. The zero-order valence-corrected chi connectivity index (χ0v) is 17.9. The fraction of sp³-hybridized carbons (Fsp3) is 0.478. The number of Topliss-reactive ketones (excluding diaryl/α,β-unsaturated/α-hetero) is 1. The maximum atomic E-state index is 14.2. The molecule has 0 aliphatic heterocycles. The molecule has 0 bridgehead atoms. The van der Waals surface area contributed by atoms with Crippen molar-refractivity contribution in [3.63, 3.8) is 0 Å². The second-order valence-corrected chi connectivity index (χ2v) is 9.82. The summed E-state index contributed by atoms with van der Waals surface area (Å²) >= 11 is 1.62. The molecule has 3 aromatic rings. The summed E-state index contributed by atoms with van der Waals surface area (Å²) in [6.07, 6.45) is 5.13. The summed E-state index contributed by atoms with van der Waals surface area (Å²) in [6.45, 7) is 3.00. The minimum Gasteiger partial charge on any atom is -0.396 e. The molecule has 2 aliphatic rings. The maximum Gasteiger partial charge on any atom is 0.183 e. The largest absolute Gasteiger partial charge is 0.396 e. The number of carbonyl (C=O) groups excluding carboxylic acids is 1. The van der Waals surface area contributed by atoms with Crippen molar-refractivity contribution in [1.29, 1.82) is 0 Å². The topological polar surface area (TPSA) is 78.0 Å². The van der Waals surface area contributed by atoms with Gasteiger partial charge in [-0.05, 0) is 56.2 Å². The maximum absolute atomic E-state index is 14.2. The van der Waals surface area contributed by atoms with E-state index >= 15 is 0 Å². The van der Waals surface area contributed by atoms with Crippen LogP contribution in [-0.4, -0.2) is 34.0 Å². The van der Waals surface area contributed by atoms with Crippen LogP contribution in [0.4, 0.5) is 9.52 Å². The highest BCUT2D eigenvalue weighted by molar-refractivity contribution is 7.15. The number of ketones is 1. The second-order valence-electron chi connectivity index (χ2n) is 8.74. The number of aromatic amines is 1. The number of aromatic nitrogens is 2. The Kier molecular flexibility index (Phi) is 4.90. The number of anilines is 1. The van der Waals surface area contributed by atoms with Gasteiger partial charge in [0.25, 0.3) is 0 Å². The lowest BCUT2D eigenvalue weighted by atomic mass is 9.86. The molecule has 0 spiro atoms. The van der Waals surface area contributed by atoms with Crippen LogP contribution in [0.5, 0.6) is 0 Å². The summed E-state index contributed by atoms with van der Waals surface area (Å²) in [7, 11) is 0. The Labute approximate surface area is 178 Å². The monoisotopic (exact) mass is 427 g/mol. The first-order chi connectivity index (χ1) is 14.5. The molecule has 1 unspecified atom stereocenters. The van der Waals surface area contributed by atoms with Crippen LogP contribution in [0.1, 0.15) is 52.8 Å². The molecule has 1 saturated carbocycles. The standard InChI is InChI=1S/C23H26FN3O2S/c1-2-13-3-5-16(24)20-15(13)10-18(26-20)21(29)14-4-6-17-19(9-14)30-22(27-17)25-11-23(12-28)7-8-23/h3,5,10,14,26,28H,2,4,6-9,11-12H2,1H3,(H,25,27). The summed E-state index contributed by atoms with van der Waals surface area (Å²) in [6, 6.07) is 5.08. The van der Waals surface area contributed by atoms with Crippen LogP contribution in [-0.2, 0) is 19.3 Å². The third kappa shape index (κ3) is 3.44. The number of aryl methyl sites for hydroxylation is 2. The van der Waals surface area contributed by atoms with Gasteiger partial charge in [0, 0.05) is 28.1 Å². The average molecular weight is 428 g/mol. The van der Waals surface area contributed by atoms with Crippen molar-refractivity contribution in [3.05, 3.63) is 45.8 Å². The number of carbonyl (C=O) groups is 1. The molecule has 2 aliphatic carbocycles. The van der Waals surface area contributed by atoms with Gasteiger partial charge in [-0.25, -0.2) is 9.37 Å². The fourth-order valence-electron chi connectivity index (χ4n) is 4.41. The zero-order valence-electron chi connectivity index (χ0n) is 17.1. The minimum atomic E-state index is -0.318. The molecular formula is C23H26FN3O2S. The first-order valence-corrected chi connectivity index (χ1v) is 11.5. The number of hydrogen-bond donors (Lipinski definition) is 3. The molecule has 2 heterocycles. The molecule has 0 amide bonds. The number of nitrogens with one attached hydrogen (secondary N) is 2. The number of H-pyrrole nitrogens is 1. The second kappa shape index (κ2) is 7.46. The lowest BCUT2D eigenvalue weighted by molar-refractivity contribution is 0.0905. The zero-order chi connectivity index (χ0) is 20.9. The smallest absolute Gasteiger partial charge is 0.183 e. The molecule has 5 rings (SSSR count). The number of rotatable bonds is 7. The summed E-state index contributed by atoms with van der Waals surface area (Å²) in [5, 5.41) is 14.6. The number of benzene rings is 1. The fourth-order valence-corrected chi connectivity index (χ4v) is 5.49. The van der Waals surface area contributed by atoms with Gasteiger partial charge >= 0.3 is 0 Å². The van der Waals surface area contributed by atoms with Gasteiger partial charge in [-0.2, -0.15) is 0 Å². The molecular weight excluding hydrogens is 401 g/mol. The van der Waals surface area contributed by atoms with Gasteiger partial charge in [0.15, 0.2) is 10.9 Å². The molecule has 1 atom stereocenters. The van der Waals surface area contributed by atoms with Crippen molar-refractivity contribution in [1.82, 2.24) is 9.97 Å². The molecule has 2 aromatic heterocycles. The van der Waals surface area contributed by atoms with E-state index in [4.69, 9.17) is 4.98 Å². The number of hydrogen-bond acceptors (Lipinski definition) is 5. The van der Waals surface area contributed by atoms with Crippen LogP contribution in [0.25, 0.3) is 10.9 Å². The first-order valence-electron chi connectivity index (χ1n) is 10.7. The van der Waals surface area contributed by atoms with Crippen LogP contribution in [0.3, 0.4) is 0 Å². The van der Waals surface area contributed by atoms with Crippen molar-refractivity contribution in [2.45, 2.75) is 45.4 Å². The quantitative estimate of drug-likeness (QED) is 0.485. The molecule has 0 radical (unpaired) electrons. The minimum absolute atomic E-state index is 0.0346. The Morgan fingerprint density at radius 2 is 2.27 bits per heavy atom. The van der Waals surface area contributed by atoms with Crippen molar-refractivity contribution >= 4 is 33.2 Å². The molecule has 30 heavy (non-hydrogen) atoms.